The molecule has 25 heavy (non-hydrogen) atoms. The van der Waals surface area contributed by atoms with Crippen LogP contribution in [-0.2, 0) is 11.3 Å². The topological polar surface area (TPSA) is 84.9 Å². The second-order valence-electron chi connectivity index (χ2n) is 5.66. The van der Waals surface area contributed by atoms with Gasteiger partial charge in [-0.1, -0.05) is 12.1 Å². The van der Waals surface area contributed by atoms with Gasteiger partial charge in [0.1, 0.15) is 11.5 Å². The average Bonchev–Trinajstić information content (AvgIpc) is 2.58. The fourth-order valence-corrected chi connectivity index (χ4v) is 2.51. The second-order valence-corrected chi connectivity index (χ2v) is 5.66. The zero-order chi connectivity index (χ0) is 18.4. The van der Waals surface area contributed by atoms with Crippen LogP contribution >= 0.6 is 0 Å². The van der Waals surface area contributed by atoms with Gasteiger partial charge in [-0.2, -0.15) is 0 Å². The Morgan fingerprint density at radius 3 is 2.40 bits per heavy atom. The first kappa shape index (κ1) is 18.3. The van der Waals surface area contributed by atoms with Crippen molar-refractivity contribution in [3.8, 4) is 11.5 Å². The Balaban J connectivity index is 2.07. The standard InChI is InChI=1S/C19H21NO5/c1-12-7-15(8-13(2)18(12)25-11-17(21)22)19(23)20-10-14-5-4-6-16(9-14)24-3/h4-9H,10-11H2,1-3H3,(H,20,23)(H,21,22). The number of rotatable bonds is 7. The van der Waals surface area contributed by atoms with Gasteiger partial charge in [0, 0.05) is 12.1 Å². The van der Waals surface area contributed by atoms with Gasteiger partial charge in [0.25, 0.3) is 5.91 Å². The molecule has 0 aromatic heterocycles. The van der Waals surface area contributed by atoms with Crippen molar-refractivity contribution in [2.45, 2.75) is 20.4 Å². The molecular formula is C19H21NO5. The maximum Gasteiger partial charge on any atom is 0.341 e. The van der Waals surface area contributed by atoms with Crippen LogP contribution in [0.1, 0.15) is 27.0 Å². The lowest BCUT2D eigenvalue weighted by Gasteiger charge is -2.13. The number of aryl methyl sites for hydroxylation is 2. The van der Waals surface area contributed by atoms with Crippen molar-refractivity contribution in [1.29, 1.82) is 0 Å². The molecule has 2 aromatic rings. The first-order chi connectivity index (χ1) is 11.9. The lowest BCUT2D eigenvalue weighted by atomic mass is 10.0. The van der Waals surface area contributed by atoms with Crippen LogP contribution in [0, 0.1) is 13.8 Å². The minimum atomic E-state index is -1.04. The van der Waals surface area contributed by atoms with Crippen molar-refractivity contribution in [3.05, 3.63) is 58.7 Å². The molecule has 1 amide bonds. The van der Waals surface area contributed by atoms with Crippen molar-refractivity contribution in [2.75, 3.05) is 13.7 Å². The van der Waals surface area contributed by atoms with Crippen LogP contribution in [0.2, 0.25) is 0 Å². The number of amides is 1. The normalized spacial score (nSPS) is 10.2. The predicted octanol–water partition coefficient (Wildman–Crippen LogP) is 2.71. The van der Waals surface area contributed by atoms with E-state index in [1.54, 1.807) is 33.1 Å². The van der Waals surface area contributed by atoms with Crippen molar-refractivity contribution < 1.29 is 24.2 Å². The highest BCUT2D eigenvalue weighted by molar-refractivity contribution is 5.94. The van der Waals surface area contributed by atoms with Crippen molar-refractivity contribution in [1.82, 2.24) is 5.32 Å². The summed E-state index contributed by atoms with van der Waals surface area (Å²) in [6.45, 7) is 3.53. The Hall–Kier alpha value is -3.02. The van der Waals surface area contributed by atoms with E-state index in [1.165, 1.54) is 0 Å². The molecule has 6 nitrogen and oxygen atoms in total. The molecule has 0 aliphatic rings. The molecule has 0 bridgehead atoms. The summed E-state index contributed by atoms with van der Waals surface area (Å²) in [5, 5.41) is 11.6. The van der Waals surface area contributed by atoms with Crippen LogP contribution in [0.5, 0.6) is 11.5 Å². The number of carbonyl (C=O) groups is 2. The molecule has 132 valence electrons. The molecule has 0 atom stereocenters. The smallest absolute Gasteiger partial charge is 0.341 e. The second kappa shape index (κ2) is 8.19. The Labute approximate surface area is 146 Å². The fraction of sp³-hybridized carbons (Fsp3) is 0.263. The minimum absolute atomic E-state index is 0.209. The number of hydrogen-bond donors (Lipinski definition) is 2. The quantitative estimate of drug-likeness (QED) is 0.807. The molecule has 0 radical (unpaired) electrons. The summed E-state index contributed by atoms with van der Waals surface area (Å²) in [7, 11) is 1.59. The summed E-state index contributed by atoms with van der Waals surface area (Å²) >= 11 is 0. The van der Waals surface area contributed by atoms with Gasteiger partial charge in [-0.05, 0) is 54.8 Å². The van der Waals surface area contributed by atoms with Crippen LogP contribution in [0.15, 0.2) is 36.4 Å². The van der Waals surface area contributed by atoms with Gasteiger partial charge < -0.3 is 19.9 Å². The lowest BCUT2D eigenvalue weighted by molar-refractivity contribution is -0.139. The summed E-state index contributed by atoms with van der Waals surface area (Å²) in [4.78, 5) is 23.0. The molecule has 2 aromatic carbocycles. The molecule has 0 aliphatic heterocycles. The molecule has 0 spiro atoms. The number of carboxylic acids is 1. The van der Waals surface area contributed by atoms with E-state index in [0.717, 1.165) is 11.3 Å². The number of hydrogen-bond acceptors (Lipinski definition) is 4. The number of methoxy groups -OCH3 is 1. The van der Waals surface area contributed by atoms with Gasteiger partial charge in [-0.3, -0.25) is 4.79 Å². The molecule has 0 unspecified atom stereocenters. The third-order valence-corrected chi connectivity index (χ3v) is 3.65. The van der Waals surface area contributed by atoms with Crippen LogP contribution in [0.3, 0.4) is 0 Å². The van der Waals surface area contributed by atoms with Gasteiger partial charge >= 0.3 is 5.97 Å². The number of carbonyl (C=O) groups excluding carboxylic acids is 1. The number of benzene rings is 2. The number of nitrogens with one attached hydrogen (secondary N) is 1. The van der Waals surface area contributed by atoms with Gasteiger partial charge in [0.15, 0.2) is 6.61 Å². The molecule has 2 rings (SSSR count). The predicted molar refractivity (Wildman–Crippen MR) is 93.2 cm³/mol. The Bertz CT molecular complexity index is 762. The zero-order valence-electron chi connectivity index (χ0n) is 14.5. The van der Waals surface area contributed by atoms with Crippen molar-refractivity contribution in [3.63, 3.8) is 0 Å². The minimum Gasteiger partial charge on any atom is -0.497 e. The van der Waals surface area contributed by atoms with E-state index in [1.807, 2.05) is 24.3 Å². The Morgan fingerprint density at radius 1 is 1.12 bits per heavy atom. The highest BCUT2D eigenvalue weighted by Crippen LogP contribution is 2.25. The van der Waals surface area contributed by atoms with Gasteiger partial charge in [0.2, 0.25) is 0 Å². The van der Waals surface area contributed by atoms with Crippen molar-refractivity contribution in [2.24, 2.45) is 0 Å². The fourth-order valence-electron chi connectivity index (χ4n) is 2.51. The third-order valence-electron chi connectivity index (χ3n) is 3.65. The SMILES string of the molecule is COc1cccc(CNC(=O)c2cc(C)c(OCC(=O)O)c(C)c2)c1. The van der Waals surface area contributed by atoms with Gasteiger partial charge in [-0.25, -0.2) is 4.79 Å². The van der Waals surface area contributed by atoms with E-state index in [2.05, 4.69) is 5.32 Å². The highest BCUT2D eigenvalue weighted by Gasteiger charge is 2.13. The van der Waals surface area contributed by atoms with E-state index >= 15 is 0 Å². The third kappa shape index (κ3) is 4.97. The van der Waals surface area contributed by atoms with E-state index < -0.39 is 12.6 Å². The zero-order valence-corrected chi connectivity index (χ0v) is 14.5. The van der Waals surface area contributed by atoms with Gasteiger partial charge in [0.05, 0.1) is 7.11 Å². The maximum atomic E-state index is 12.4. The van der Waals surface area contributed by atoms with Crippen LogP contribution < -0.4 is 14.8 Å². The molecule has 0 aliphatic carbocycles. The summed E-state index contributed by atoms with van der Waals surface area (Å²) in [5.41, 5.74) is 2.86. The molecule has 2 N–H and O–H groups in total. The van der Waals surface area contributed by atoms with E-state index in [-0.39, 0.29) is 5.91 Å². The molecule has 0 heterocycles. The summed E-state index contributed by atoms with van der Waals surface area (Å²) < 4.78 is 10.4. The maximum absolute atomic E-state index is 12.4. The molecule has 0 fully saturated rings. The molecular weight excluding hydrogens is 322 g/mol. The van der Waals surface area contributed by atoms with E-state index in [4.69, 9.17) is 14.6 Å². The summed E-state index contributed by atoms with van der Waals surface area (Å²) in [6, 6.07) is 10.8. The summed E-state index contributed by atoms with van der Waals surface area (Å²) in [6.07, 6.45) is 0. The average molecular weight is 343 g/mol. The van der Waals surface area contributed by atoms with E-state index in [0.29, 0.717) is 29.0 Å². The number of ether oxygens (including phenoxy) is 2. The molecule has 0 saturated carbocycles. The largest absolute Gasteiger partial charge is 0.497 e. The van der Waals surface area contributed by atoms with E-state index in [9.17, 15) is 9.59 Å². The monoisotopic (exact) mass is 343 g/mol. The van der Waals surface area contributed by atoms with Crippen molar-refractivity contribution >= 4 is 11.9 Å². The Morgan fingerprint density at radius 2 is 1.80 bits per heavy atom. The van der Waals surface area contributed by atoms with Crippen LogP contribution in [0.25, 0.3) is 0 Å². The number of carboxylic acid groups (broad SMARTS) is 1. The van der Waals surface area contributed by atoms with Crippen LogP contribution in [-0.4, -0.2) is 30.7 Å². The summed E-state index contributed by atoms with van der Waals surface area (Å²) in [5.74, 6) is -0.0252. The first-order valence-corrected chi connectivity index (χ1v) is 7.77. The highest BCUT2D eigenvalue weighted by atomic mass is 16.5. The molecule has 0 saturated heterocycles. The van der Waals surface area contributed by atoms with Crippen LogP contribution in [0.4, 0.5) is 0 Å². The molecule has 6 heteroatoms. The van der Waals surface area contributed by atoms with Gasteiger partial charge in [-0.15, -0.1) is 0 Å². The lowest BCUT2D eigenvalue weighted by Crippen LogP contribution is -2.23. The number of aliphatic carboxylic acids is 1. The first-order valence-electron chi connectivity index (χ1n) is 7.77. The Kier molecular flexibility index (Phi) is 6.00.